The van der Waals surface area contributed by atoms with Gasteiger partial charge in [-0.15, -0.1) is 0 Å². The lowest BCUT2D eigenvalue weighted by Gasteiger charge is -2.19. The first-order chi connectivity index (χ1) is 18.0. The summed E-state index contributed by atoms with van der Waals surface area (Å²) in [4.78, 5) is 14.8. The largest absolute Gasteiger partial charge is 0.457 e. The minimum atomic E-state index is -4.52. The second kappa shape index (κ2) is 9.33. The maximum atomic E-state index is 12.9. The molecule has 0 atom stereocenters. The highest BCUT2D eigenvalue weighted by atomic mass is 19.4. The maximum Gasteiger partial charge on any atom is 0.432 e. The Morgan fingerprint density at radius 2 is 1.74 bits per heavy atom. The van der Waals surface area contributed by atoms with Crippen molar-refractivity contribution in [3.63, 3.8) is 0 Å². The zero-order valence-corrected chi connectivity index (χ0v) is 20.8. The molecule has 11 heteroatoms. The zero-order chi connectivity index (χ0) is 27.1. The van der Waals surface area contributed by atoms with Crippen molar-refractivity contribution in [2.45, 2.75) is 25.4 Å². The van der Waals surface area contributed by atoms with Gasteiger partial charge in [0.1, 0.15) is 22.9 Å². The van der Waals surface area contributed by atoms with Crippen LogP contribution in [-0.4, -0.2) is 30.7 Å². The Bertz CT molecular complexity index is 1620. The minimum absolute atomic E-state index is 0.00640. The summed E-state index contributed by atoms with van der Waals surface area (Å²) in [7, 11) is 1.90. The number of benzene rings is 2. The molecule has 3 aromatic heterocycles. The highest BCUT2D eigenvalue weighted by Gasteiger charge is 2.33. The molecule has 0 aliphatic rings. The zero-order valence-electron chi connectivity index (χ0n) is 20.8. The van der Waals surface area contributed by atoms with Gasteiger partial charge in [-0.2, -0.15) is 13.2 Å². The van der Waals surface area contributed by atoms with Crippen LogP contribution < -0.4 is 10.1 Å². The molecule has 0 aliphatic heterocycles. The predicted molar refractivity (Wildman–Crippen MR) is 139 cm³/mol. The molecule has 5 aromatic rings. The molecule has 0 unspecified atom stereocenters. The van der Waals surface area contributed by atoms with E-state index in [1.165, 1.54) is 18.5 Å². The molecular weight excluding hydrogens is 495 g/mol. The Balaban J connectivity index is 1.35. The molecule has 0 saturated heterocycles. The van der Waals surface area contributed by atoms with Crippen molar-refractivity contribution in [1.29, 1.82) is 5.41 Å². The number of pyridine rings is 1. The SMILES string of the molecule is Cn1c(Nc2ccc(C(C)(C)C=N)cc2)nc2cc(Oc3ccnc(-c4ncc(C(F)(F)F)[nH]4)c3)ccc21. The van der Waals surface area contributed by atoms with Crippen LogP contribution >= 0.6 is 0 Å². The molecule has 0 aliphatic carbocycles. The second-order valence-corrected chi connectivity index (χ2v) is 9.34. The van der Waals surface area contributed by atoms with Gasteiger partial charge in [-0.3, -0.25) is 4.98 Å². The van der Waals surface area contributed by atoms with E-state index in [-0.39, 0.29) is 16.9 Å². The number of halogens is 3. The monoisotopic (exact) mass is 519 g/mol. The number of alkyl halides is 3. The van der Waals surface area contributed by atoms with Crippen LogP contribution in [0.25, 0.3) is 22.6 Å². The fraction of sp³-hybridized carbons (Fsp3) is 0.185. The molecule has 0 amide bonds. The molecule has 5 rings (SSSR count). The summed E-state index contributed by atoms with van der Waals surface area (Å²) in [5, 5.41) is 10.9. The number of aryl methyl sites for hydroxylation is 1. The lowest BCUT2D eigenvalue weighted by molar-refractivity contribution is -0.140. The molecule has 3 N–H and O–H groups in total. The average molecular weight is 520 g/mol. The summed E-state index contributed by atoms with van der Waals surface area (Å²) in [6, 6.07) is 16.4. The van der Waals surface area contributed by atoms with Gasteiger partial charge in [0, 0.05) is 42.7 Å². The third kappa shape index (κ3) is 4.95. The van der Waals surface area contributed by atoms with E-state index in [2.05, 4.69) is 25.3 Å². The lowest BCUT2D eigenvalue weighted by Crippen LogP contribution is -2.17. The summed E-state index contributed by atoms with van der Waals surface area (Å²) in [5.74, 6) is 1.53. The summed E-state index contributed by atoms with van der Waals surface area (Å²) < 4.78 is 46.6. The number of imidazole rings is 2. The van der Waals surface area contributed by atoms with E-state index < -0.39 is 11.9 Å². The molecule has 0 spiro atoms. The average Bonchev–Trinajstić information content (AvgIpc) is 3.50. The van der Waals surface area contributed by atoms with Crippen LogP contribution in [-0.2, 0) is 18.6 Å². The topological polar surface area (TPSA) is 104 Å². The molecule has 194 valence electrons. The number of H-pyrrole nitrogens is 1. The van der Waals surface area contributed by atoms with Gasteiger partial charge in [0.05, 0.1) is 17.2 Å². The van der Waals surface area contributed by atoms with Crippen LogP contribution in [0.15, 0.2) is 67.0 Å². The number of nitrogens with zero attached hydrogens (tertiary/aromatic N) is 4. The van der Waals surface area contributed by atoms with Crippen LogP contribution in [0, 0.1) is 5.41 Å². The first-order valence-corrected chi connectivity index (χ1v) is 11.7. The third-order valence-corrected chi connectivity index (χ3v) is 6.19. The quantitative estimate of drug-likeness (QED) is 0.204. The van der Waals surface area contributed by atoms with E-state index in [9.17, 15) is 13.2 Å². The number of rotatable bonds is 7. The van der Waals surface area contributed by atoms with Crippen LogP contribution in [0.3, 0.4) is 0 Å². The number of fused-ring (bicyclic) bond motifs is 1. The number of aromatic amines is 1. The van der Waals surface area contributed by atoms with Gasteiger partial charge < -0.3 is 25.0 Å². The van der Waals surface area contributed by atoms with Crippen molar-refractivity contribution >= 4 is 28.9 Å². The molecule has 3 heterocycles. The van der Waals surface area contributed by atoms with E-state index in [4.69, 9.17) is 10.1 Å². The molecule has 38 heavy (non-hydrogen) atoms. The smallest absolute Gasteiger partial charge is 0.432 e. The number of anilines is 2. The highest BCUT2D eigenvalue weighted by Crippen LogP contribution is 2.32. The Labute approximate surface area is 216 Å². The molecule has 2 aromatic carbocycles. The normalized spacial score (nSPS) is 12.1. The Morgan fingerprint density at radius 3 is 2.42 bits per heavy atom. The number of hydrogen-bond donors (Lipinski definition) is 3. The van der Waals surface area contributed by atoms with Crippen LogP contribution in [0.2, 0.25) is 0 Å². The van der Waals surface area contributed by atoms with Crippen molar-refractivity contribution in [2.24, 2.45) is 7.05 Å². The standard InChI is InChI=1S/C27H24F3N7O/c1-26(2,15-31)16-4-6-17(7-5-16)34-25-35-20-12-18(8-9-22(20)37(25)3)38-19-10-11-32-21(13-19)24-33-14-23(36-24)27(28,29)30/h4-15,31H,1-3H3,(H,33,36)(H,34,35). The molecular formula is C27H24F3N7O. The van der Waals surface area contributed by atoms with Gasteiger partial charge in [-0.25, -0.2) is 9.97 Å². The van der Waals surface area contributed by atoms with E-state index in [1.807, 2.05) is 55.8 Å². The lowest BCUT2D eigenvalue weighted by atomic mass is 9.86. The molecule has 0 fully saturated rings. The van der Waals surface area contributed by atoms with E-state index in [0.717, 1.165) is 23.0 Å². The summed E-state index contributed by atoms with van der Waals surface area (Å²) >= 11 is 0. The molecule has 0 bridgehead atoms. The first kappa shape index (κ1) is 25.0. The third-order valence-electron chi connectivity index (χ3n) is 6.19. The minimum Gasteiger partial charge on any atom is -0.457 e. The van der Waals surface area contributed by atoms with Crippen molar-refractivity contribution in [3.05, 3.63) is 78.2 Å². The van der Waals surface area contributed by atoms with Gasteiger partial charge in [0.2, 0.25) is 5.95 Å². The molecule has 0 radical (unpaired) electrons. The first-order valence-electron chi connectivity index (χ1n) is 11.7. The van der Waals surface area contributed by atoms with Gasteiger partial charge in [-0.1, -0.05) is 26.0 Å². The Hall–Kier alpha value is -4.67. The summed E-state index contributed by atoms with van der Waals surface area (Å²) in [6.07, 6.45) is -0.923. The number of ether oxygens (including phenoxy) is 1. The fourth-order valence-electron chi connectivity index (χ4n) is 3.89. The molecule has 0 saturated carbocycles. The number of aromatic nitrogens is 5. The van der Waals surface area contributed by atoms with Crippen molar-refractivity contribution in [2.75, 3.05) is 5.32 Å². The highest BCUT2D eigenvalue weighted by molar-refractivity contribution is 5.81. The van der Waals surface area contributed by atoms with Crippen LogP contribution in [0.5, 0.6) is 11.5 Å². The number of nitrogens with one attached hydrogen (secondary N) is 3. The van der Waals surface area contributed by atoms with E-state index in [1.54, 1.807) is 18.2 Å². The Kier molecular flexibility index (Phi) is 6.14. The van der Waals surface area contributed by atoms with Gasteiger partial charge in [0.25, 0.3) is 0 Å². The van der Waals surface area contributed by atoms with Crippen molar-refractivity contribution in [3.8, 4) is 23.0 Å². The summed E-state index contributed by atoms with van der Waals surface area (Å²) in [5.41, 5.74) is 2.41. The summed E-state index contributed by atoms with van der Waals surface area (Å²) in [6.45, 7) is 3.97. The van der Waals surface area contributed by atoms with E-state index in [0.29, 0.717) is 23.0 Å². The number of hydrogen-bond acceptors (Lipinski definition) is 6. The fourth-order valence-corrected chi connectivity index (χ4v) is 3.89. The van der Waals surface area contributed by atoms with Crippen LogP contribution in [0.1, 0.15) is 25.1 Å². The predicted octanol–water partition coefficient (Wildman–Crippen LogP) is 6.84. The maximum absolute atomic E-state index is 12.9. The van der Waals surface area contributed by atoms with E-state index >= 15 is 0 Å². The van der Waals surface area contributed by atoms with Gasteiger partial charge >= 0.3 is 6.18 Å². The Morgan fingerprint density at radius 1 is 1.00 bits per heavy atom. The van der Waals surface area contributed by atoms with Crippen molar-refractivity contribution in [1.82, 2.24) is 24.5 Å². The van der Waals surface area contributed by atoms with Crippen LogP contribution in [0.4, 0.5) is 24.8 Å². The second-order valence-electron chi connectivity index (χ2n) is 9.34. The van der Waals surface area contributed by atoms with Gasteiger partial charge in [0.15, 0.2) is 5.82 Å². The molecule has 8 nitrogen and oxygen atoms in total. The van der Waals surface area contributed by atoms with Crippen molar-refractivity contribution < 1.29 is 17.9 Å². The van der Waals surface area contributed by atoms with Gasteiger partial charge in [-0.05, 0) is 35.9 Å².